The molecule has 0 amide bonds. The van der Waals surface area contributed by atoms with Gasteiger partial charge in [0.2, 0.25) is 0 Å². The van der Waals surface area contributed by atoms with Crippen LogP contribution in [0.4, 0.5) is 5.82 Å². The zero-order valence-electron chi connectivity index (χ0n) is 16.3. The topological polar surface area (TPSA) is 39.6 Å². The van der Waals surface area contributed by atoms with Crippen LogP contribution in [0.2, 0.25) is 6.82 Å². The second-order valence-corrected chi connectivity index (χ2v) is 8.02. The molecule has 5 heteroatoms. The molecule has 0 spiro atoms. The molecule has 2 heterocycles. The lowest BCUT2D eigenvalue weighted by Crippen LogP contribution is -2.49. The van der Waals surface area contributed by atoms with Gasteiger partial charge in [0.25, 0.3) is 0 Å². The molecule has 1 saturated heterocycles. The Labute approximate surface area is 163 Å². The molecule has 0 radical (unpaired) electrons. The lowest BCUT2D eigenvalue weighted by atomic mass is 9.79. The summed E-state index contributed by atoms with van der Waals surface area (Å²) in [6.07, 6.45) is 8.82. The third kappa shape index (κ3) is 4.20. The standard InChI is InChI=1S/C22H30BN3O/c1-23(27)26-14-7-5-10-20(26)12-15-25(22-11-4-6-13-24-22)21-16-18-8-2-3-9-19(18)17-21/h2-4,6,8-9,11,13,20-21,27H,5,7,10,12,14-17H2,1H3. The molecule has 142 valence electrons. The summed E-state index contributed by atoms with van der Waals surface area (Å²) < 4.78 is 0. The Morgan fingerprint density at radius 1 is 1.11 bits per heavy atom. The molecule has 27 heavy (non-hydrogen) atoms. The van der Waals surface area contributed by atoms with Gasteiger partial charge in [-0.05, 0) is 68.7 Å². The van der Waals surface area contributed by atoms with Gasteiger partial charge in [-0.15, -0.1) is 0 Å². The van der Waals surface area contributed by atoms with Crippen molar-refractivity contribution >= 4 is 12.9 Å². The Kier molecular flexibility index (Phi) is 5.79. The highest BCUT2D eigenvalue weighted by molar-refractivity contribution is 6.45. The Hall–Kier alpha value is -1.85. The number of hydrogen-bond donors (Lipinski definition) is 1. The number of hydrogen-bond acceptors (Lipinski definition) is 4. The van der Waals surface area contributed by atoms with Crippen LogP contribution in [-0.4, -0.2) is 47.0 Å². The number of nitrogens with zero attached hydrogens (tertiary/aromatic N) is 3. The van der Waals surface area contributed by atoms with Crippen molar-refractivity contribution in [2.24, 2.45) is 0 Å². The second-order valence-electron chi connectivity index (χ2n) is 8.02. The van der Waals surface area contributed by atoms with Crippen LogP contribution >= 0.6 is 0 Å². The maximum Gasteiger partial charge on any atom is 0.376 e. The maximum atomic E-state index is 10.2. The predicted octanol–water partition coefficient (Wildman–Crippen LogP) is 3.41. The summed E-state index contributed by atoms with van der Waals surface area (Å²) in [5.41, 5.74) is 2.96. The monoisotopic (exact) mass is 363 g/mol. The second kappa shape index (κ2) is 8.45. The highest BCUT2D eigenvalue weighted by Gasteiger charge is 2.31. The molecule has 1 aliphatic carbocycles. The van der Waals surface area contributed by atoms with Crippen molar-refractivity contribution in [3.05, 3.63) is 59.8 Å². The molecule has 0 saturated carbocycles. The van der Waals surface area contributed by atoms with E-state index in [-0.39, 0.29) is 7.05 Å². The van der Waals surface area contributed by atoms with Crippen LogP contribution in [0.3, 0.4) is 0 Å². The quantitative estimate of drug-likeness (QED) is 0.799. The Morgan fingerprint density at radius 2 is 1.85 bits per heavy atom. The first kappa shape index (κ1) is 18.5. The third-order valence-corrected chi connectivity index (χ3v) is 6.27. The molecular formula is C22H30BN3O. The van der Waals surface area contributed by atoms with Crippen molar-refractivity contribution < 1.29 is 5.02 Å². The largest absolute Gasteiger partial charge is 0.437 e. The van der Waals surface area contributed by atoms with Crippen molar-refractivity contribution in [3.8, 4) is 0 Å². The van der Waals surface area contributed by atoms with E-state index in [9.17, 15) is 5.02 Å². The van der Waals surface area contributed by atoms with E-state index in [0.717, 1.165) is 38.2 Å². The molecule has 1 N–H and O–H groups in total. The van der Waals surface area contributed by atoms with Crippen LogP contribution in [0.15, 0.2) is 48.7 Å². The van der Waals surface area contributed by atoms with Gasteiger partial charge in [0.05, 0.1) is 0 Å². The lowest BCUT2D eigenvalue weighted by molar-refractivity contribution is 0.215. The molecule has 1 atom stereocenters. The Balaban J connectivity index is 1.50. The Bertz CT molecular complexity index is 714. The summed E-state index contributed by atoms with van der Waals surface area (Å²) in [7, 11) is -0.352. The van der Waals surface area contributed by atoms with Crippen molar-refractivity contribution in [1.29, 1.82) is 0 Å². The zero-order chi connectivity index (χ0) is 18.6. The summed E-state index contributed by atoms with van der Waals surface area (Å²) in [5, 5.41) is 10.2. The average molecular weight is 363 g/mol. The van der Waals surface area contributed by atoms with Crippen LogP contribution in [0.1, 0.15) is 36.8 Å². The van der Waals surface area contributed by atoms with Crippen molar-refractivity contribution in [3.63, 3.8) is 0 Å². The number of fused-ring (bicyclic) bond motifs is 1. The van der Waals surface area contributed by atoms with Crippen molar-refractivity contribution in [1.82, 2.24) is 9.79 Å². The molecule has 1 aromatic carbocycles. The highest BCUT2D eigenvalue weighted by Crippen LogP contribution is 2.29. The summed E-state index contributed by atoms with van der Waals surface area (Å²) in [6.45, 7) is 3.91. The summed E-state index contributed by atoms with van der Waals surface area (Å²) in [5.74, 6) is 1.08. The molecule has 1 fully saturated rings. The summed E-state index contributed by atoms with van der Waals surface area (Å²) >= 11 is 0. The molecule has 1 aromatic heterocycles. The van der Waals surface area contributed by atoms with Gasteiger partial charge in [-0.3, -0.25) is 0 Å². The number of benzene rings is 1. The van der Waals surface area contributed by atoms with E-state index in [2.05, 4.69) is 51.1 Å². The van der Waals surface area contributed by atoms with Gasteiger partial charge in [0.1, 0.15) is 5.82 Å². The fourth-order valence-electron chi connectivity index (χ4n) is 4.88. The minimum Gasteiger partial charge on any atom is -0.437 e. The van der Waals surface area contributed by atoms with Gasteiger partial charge in [-0.2, -0.15) is 0 Å². The molecule has 2 aromatic rings. The van der Waals surface area contributed by atoms with E-state index in [1.807, 2.05) is 19.1 Å². The van der Waals surface area contributed by atoms with Crippen LogP contribution in [-0.2, 0) is 12.8 Å². The van der Waals surface area contributed by atoms with Gasteiger partial charge in [-0.1, -0.05) is 36.8 Å². The predicted molar refractivity (Wildman–Crippen MR) is 112 cm³/mol. The SMILES string of the molecule is CB(O)N1CCCCC1CCN(c1ccccn1)C1Cc2ccccc2C1. The number of piperidine rings is 1. The number of anilines is 1. The molecule has 4 nitrogen and oxygen atoms in total. The average Bonchev–Trinajstić information content (AvgIpc) is 3.13. The Morgan fingerprint density at radius 3 is 2.52 bits per heavy atom. The fourth-order valence-corrected chi connectivity index (χ4v) is 4.88. The van der Waals surface area contributed by atoms with Gasteiger partial charge in [0.15, 0.2) is 0 Å². The van der Waals surface area contributed by atoms with E-state index in [0.29, 0.717) is 12.1 Å². The van der Waals surface area contributed by atoms with E-state index in [1.54, 1.807) is 0 Å². The van der Waals surface area contributed by atoms with Crippen molar-refractivity contribution in [2.75, 3.05) is 18.0 Å². The highest BCUT2D eigenvalue weighted by atomic mass is 16.2. The number of aromatic nitrogens is 1. The van der Waals surface area contributed by atoms with Gasteiger partial charge in [-0.25, -0.2) is 4.98 Å². The molecule has 1 aliphatic heterocycles. The van der Waals surface area contributed by atoms with Gasteiger partial charge >= 0.3 is 7.05 Å². The molecular weight excluding hydrogens is 333 g/mol. The lowest BCUT2D eigenvalue weighted by Gasteiger charge is -2.39. The van der Waals surface area contributed by atoms with Crippen LogP contribution in [0, 0.1) is 0 Å². The third-order valence-electron chi connectivity index (χ3n) is 6.27. The van der Waals surface area contributed by atoms with Crippen molar-refractivity contribution in [2.45, 2.75) is 57.4 Å². The fraction of sp³-hybridized carbons (Fsp3) is 0.500. The summed E-state index contributed by atoms with van der Waals surface area (Å²) in [6, 6.07) is 16.0. The van der Waals surface area contributed by atoms with Crippen LogP contribution in [0.25, 0.3) is 0 Å². The normalized spacial score (nSPS) is 20.4. The first-order valence-electron chi connectivity index (χ1n) is 10.4. The van der Waals surface area contributed by atoms with Crippen LogP contribution in [0.5, 0.6) is 0 Å². The minimum absolute atomic E-state index is 0.352. The number of pyridine rings is 1. The smallest absolute Gasteiger partial charge is 0.376 e. The maximum absolute atomic E-state index is 10.2. The molecule has 4 rings (SSSR count). The minimum atomic E-state index is -0.352. The molecule has 0 bridgehead atoms. The van der Waals surface area contributed by atoms with E-state index < -0.39 is 0 Å². The zero-order valence-corrected chi connectivity index (χ0v) is 16.3. The van der Waals surface area contributed by atoms with Gasteiger partial charge in [0, 0.05) is 24.8 Å². The number of rotatable bonds is 6. The van der Waals surface area contributed by atoms with E-state index in [4.69, 9.17) is 0 Å². The van der Waals surface area contributed by atoms with E-state index in [1.165, 1.54) is 30.4 Å². The van der Waals surface area contributed by atoms with Crippen LogP contribution < -0.4 is 4.90 Å². The van der Waals surface area contributed by atoms with E-state index >= 15 is 0 Å². The molecule has 2 aliphatic rings. The summed E-state index contributed by atoms with van der Waals surface area (Å²) in [4.78, 5) is 9.46. The molecule has 1 unspecified atom stereocenters. The van der Waals surface area contributed by atoms with Gasteiger partial charge < -0.3 is 14.7 Å². The first-order chi connectivity index (χ1) is 13.2. The first-order valence-corrected chi connectivity index (χ1v) is 10.4.